The first-order valence-corrected chi connectivity index (χ1v) is 6.65. The molecule has 0 saturated carbocycles. The third kappa shape index (κ3) is 1.94. The molecule has 4 heteroatoms. The van der Waals surface area contributed by atoms with E-state index in [4.69, 9.17) is 0 Å². The normalized spacial score (nSPS) is 14.6. The van der Waals surface area contributed by atoms with Gasteiger partial charge in [0, 0.05) is 29.6 Å². The highest BCUT2D eigenvalue weighted by molar-refractivity contribution is 7.80. The van der Waals surface area contributed by atoms with Crippen LogP contribution in [0.5, 0.6) is 0 Å². The molecule has 1 aromatic heterocycles. The van der Waals surface area contributed by atoms with Crippen LogP contribution in [0.15, 0.2) is 23.2 Å². The van der Waals surface area contributed by atoms with Crippen LogP contribution in [0.1, 0.15) is 24.2 Å². The standard InChI is InChI=1S/C14H15FN2S/c1-9-6-10(14(15)12(18)7-9)11-8-17-5-3-2-4-13(17)16-11/h6-8,18H,2-5H2,1H3. The summed E-state index contributed by atoms with van der Waals surface area (Å²) in [5, 5.41) is 0. The largest absolute Gasteiger partial charge is 0.334 e. The summed E-state index contributed by atoms with van der Waals surface area (Å²) in [6.45, 7) is 2.93. The van der Waals surface area contributed by atoms with Crippen LogP contribution in [0.3, 0.4) is 0 Å². The fourth-order valence-corrected chi connectivity index (χ4v) is 2.80. The molecule has 2 nitrogen and oxygen atoms in total. The van der Waals surface area contributed by atoms with E-state index < -0.39 is 0 Å². The van der Waals surface area contributed by atoms with Crippen molar-refractivity contribution in [3.63, 3.8) is 0 Å². The summed E-state index contributed by atoms with van der Waals surface area (Å²) >= 11 is 4.17. The molecule has 94 valence electrons. The van der Waals surface area contributed by atoms with Crippen molar-refractivity contribution in [3.05, 3.63) is 35.5 Å². The molecule has 0 fully saturated rings. The van der Waals surface area contributed by atoms with Crippen molar-refractivity contribution in [2.24, 2.45) is 0 Å². The highest BCUT2D eigenvalue weighted by atomic mass is 32.1. The second-order valence-corrected chi connectivity index (χ2v) is 5.32. The molecule has 0 atom stereocenters. The number of hydrogen-bond donors (Lipinski definition) is 1. The summed E-state index contributed by atoms with van der Waals surface area (Å²) in [4.78, 5) is 4.94. The Balaban J connectivity index is 2.12. The average Bonchev–Trinajstić information content (AvgIpc) is 2.77. The maximum Gasteiger partial charge on any atom is 0.145 e. The van der Waals surface area contributed by atoms with Crippen LogP contribution < -0.4 is 0 Å². The molecule has 2 aromatic rings. The summed E-state index contributed by atoms with van der Waals surface area (Å²) < 4.78 is 16.2. The minimum absolute atomic E-state index is 0.278. The van der Waals surface area contributed by atoms with E-state index in [9.17, 15) is 4.39 Å². The predicted octanol–water partition coefficient (Wildman–Crippen LogP) is 3.62. The number of benzene rings is 1. The lowest BCUT2D eigenvalue weighted by molar-refractivity contribution is 0.522. The third-order valence-electron chi connectivity index (χ3n) is 3.38. The van der Waals surface area contributed by atoms with Crippen molar-refractivity contribution in [3.8, 4) is 11.3 Å². The van der Waals surface area contributed by atoms with Crippen molar-refractivity contribution in [2.75, 3.05) is 0 Å². The minimum Gasteiger partial charge on any atom is -0.334 e. The number of hydrogen-bond acceptors (Lipinski definition) is 2. The van der Waals surface area contributed by atoms with Gasteiger partial charge in [0.15, 0.2) is 0 Å². The highest BCUT2D eigenvalue weighted by Gasteiger charge is 2.16. The van der Waals surface area contributed by atoms with Gasteiger partial charge in [0.1, 0.15) is 11.6 Å². The van der Waals surface area contributed by atoms with E-state index in [1.807, 2.05) is 19.2 Å². The van der Waals surface area contributed by atoms with E-state index >= 15 is 0 Å². The first-order valence-electron chi connectivity index (χ1n) is 6.20. The predicted molar refractivity (Wildman–Crippen MR) is 72.5 cm³/mol. The van der Waals surface area contributed by atoms with E-state index in [1.54, 1.807) is 6.07 Å². The van der Waals surface area contributed by atoms with Crippen molar-refractivity contribution in [1.29, 1.82) is 0 Å². The van der Waals surface area contributed by atoms with Gasteiger partial charge in [0.2, 0.25) is 0 Å². The van der Waals surface area contributed by atoms with Crippen LogP contribution in [-0.2, 0) is 13.0 Å². The van der Waals surface area contributed by atoms with Gasteiger partial charge in [-0.1, -0.05) is 0 Å². The zero-order valence-electron chi connectivity index (χ0n) is 10.3. The average molecular weight is 262 g/mol. The Morgan fingerprint density at radius 2 is 2.17 bits per heavy atom. The first kappa shape index (κ1) is 11.8. The van der Waals surface area contributed by atoms with Crippen LogP contribution in [0.4, 0.5) is 4.39 Å². The van der Waals surface area contributed by atoms with E-state index in [0.29, 0.717) is 10.5 Å². The summed E-state index contributed by atoms with van der Waals surface area (Å²) in [5.41, 5.74) is 2.28. The molecule has 0 radical (unpaired) electrons. The summed E-state index contributed by atoms with van der Waals surface area (Å²) in [6, 6.07) is 3.57. The lowest BCUT2D eigenvalue weighted by Crippen LogP contribution is -2.08. The molecule has 1 aliphatic rings. The van der Waals surface area contributed by atoms with Gasteiger partial charge in [0.25, 0.3) is 0 Å². The zero-order valence-corrected chi connectivity index (χ0v) is 11.2. The number of rotatable bonds is 1. The van der Waals surface area contributed by atoms with Crippen LogP contribution in [-0.4, -0.2) is 9.55 Å². The van der Waals surface area contributed by atoms with Crippen LogP contribution in [0.25, 0.3) is 11.3 Å². The van der Waals surface area contributed by atoms with Crippen molar-refractivity contribution >= 4 is 12.6 Å². The molecule has 0 bridgehead atoms. The number of fused-ring (bicyclic) bond motifs is 1. The van der Waals surface area contributed by atoms with E-state index in [-0.39, 0.29) is 5.82 Å². The van der Waals surface area contributed by atoms with Gasteiger partial charge < -0.3 is 4.57 Å². The van der Waals surface area contributed by atoms with E-state index in [0.717, 1.165) is 30.0 Å². The Morgan fingerprint density at radius 3 is 2.94 bits per heavy atom. The van der Waals surface area contributed by atoms with Crippen molar-refractivity contribution in [2.45, 2.75) is 37.6 Å². The van der Waals surface area contributed by atoms with Gasteiger partial charge in [-0.3, -0.25) is 0 Å². The van der Waals surface area contributed by atoms with Gasteiger partial charge in [-0.05, 0) is 37.5 Å². The molecule has 2 heterocycles. The van der Waals surface area contributed by atoms with Crippen molar-refractivity contribution in [1.82, 2.24) is 9.55 Å². The van der Waals surface area contributed by atoms with Crippen LogP contribution in [0, 0.1) is 12.7 Å². The molecule has 18 heavy (non-hydrogen) atoms. The Morgan fingerprint density at radius 1 is 1.33 bits per heavy atom. The second-order valence-electron chi connectivity index (χ2n) is 4.84. The number of nitrogens with zero attached hydrogens (tertiary/aromatic N) is 2. The third-order valence-corrected chi connectivity index (χ3v) is 3.71. The minimum atomic E-state index is -0.278. The fraction of sp³-hybridized carbons (Fsp3) is 0.357. The van der Waals surface area contributed by atoms with Gasteiger partial charge in [0.05, 0.1) is 5.69 Å². The van der Waals surface area contributed by atoms with Crippen molar-refractivity contribution < 1.29 is 4.39 Å². The lowest BCUT2D eigenvalue weighted by Gasteiger charge is -2.11. The van der Waals surface area contributed by atoms with Crippen LogP contribution in [0.2, 0.25) is 0 Å². The molecule has 0 aliphatic carbocycles. The molecular formula is C14H15FN2S. The molecule has 1 aliphatic heterocycles. The number of aromatic nitrogens is 2. The second kappa shape index (κ2) is 4.43. The number of imidazole rings is 1. The SMILES string of the molecule is Cc1cc(S)c(F)c(-c2cn3c(n2)CCCC3)c1. The molecule has 3 rings (SSSR count). The molecule has 0 amide bonds. The Kier molecular flexibility index (Phi) is 2.90. The number of halogens is 1. The van der Waals surface area contributed by atoms with Crippen LogP contribution >= 0.6 is 12.6 Å². The number of aryl methyl sites for hydroxylation is 3. The zero-order chi connectivity index (χ0) is 12.7. The fourth-order valence-electron chi connectivity index (χ4n) is 2.48. The maximum absolute atomic E-state index is 14.1. The molecule has 0 spiro atoms. The summed E-state index contributed by atoms with van der Waals surface area (Å²) in [5.74, 6) is 0.789. The summed E-state index contributed by atoms with van der Waals surface area (Å²) in [6.07, 6.45) is 5.29. The van der Waals surface area contributed by atoms with Gasteiger partial charge >= 0.3 is 0 Å². The highest BCUT2D eigenvalue weighted by Crippen LogP contribution is 2.29. The quantitative estimate of drug-likeness (QED) is 0.777. The Labute approximate surface area is 111 Å². The first-order chi connectivity index (χ1) is 8.65. The maximum atomic E-state index is 14.1. The van der Waals surface area contributed by atoms with E-state index in [1.165, 1.54) is 12.8 Å². The van der Waals surface area contributed by atoms with Gasteiger partial charge in [-0.15, -0.1) is 12.6 Å². The monoisotopic (exact) mass is 262 g/mol. The Bertz CT molecular complexity index is 581. The van der Waals surface area contributed by atoms with Gasteiger partial charge in [-0.2, -0.15) is 0 Å². The molecule has 0 unspecified atom stereocenters. The smallest absolute Gasteiger partial charge is 0.145 e. The van der Waals surface area contributed by atoms with E-state index in [2.05, 4.69) is 22.2 Å². The molecule has 0 N–H and O–H groups in total. The lowest BCUT2D eigenvalue weighted by atomic mass is 10.1. The number of thiol groups is 1. The Hall–Kier alpha value is -1.29. The molecule has 0 saturated heterocycles. The van der Waals surface area contributed by atoms with Gasteiger partial charge in [-0.25, -0.2) is 9.37 Å². The molecule has 1 aromatic carbocycles. The molecular weight excluding hydrogens is 247 g/mol. The summed E-state index contributed by atoms with van der Waals surface area (Å²) in [7, 11) is 0. The topological polar surface area (TPSA) is 17.8 Å².